The first-order valence-corrected chi connectivity index (χ1v) is 8.86. The summed E-state index contributed by atoms with van der Waals surface area (Å²) in [6, 6.07) is 0. The van der Waals surface area contributed by atoms with Crippen LogP contribution in [0.25, 0.3) is 0 Å². The van der Waals surface area contributed by atoms with Gasteiger partial charge in [0, 0.05) is 18.0 Å². The number of anilines is 3. The highest BCUT2D eigenvalue weighted by molar-refractivity contribution is 7.15. The first kappa shape index (κ1) is 18.0. The van der Waals surface area contributed by atoms with Crippen LogP contribution in [0.5, 0.6) is 0 Å². The van der Waals surface area contributed by atoms with E-state index in [9.17, 15) is 14.9 Å². The Morgan fingerprint density at radius 2 is 2.08 bits per heavy atom. The highest BCUT2D eigenvalue weighted by Gasteiger charge is 2.32. The van der Waals surface area contributed by atoms with Gasteiger partial charge in [0.05, 0.1) is 16.5 Å². The van der Waals surface area contributed by atoms with E-state index < -0.39 is 16.8 Å². The minimum Gasteiger partial charge on any atom is -0.481 e. The van der Waals surface area contributed by atoms with E-state index in [1.807, 2.05) is 13.8 Å². The molecule has 138 valence electrons. The Balaban J connectivity index is 1.89. The first-order valence-electron chi connectivity index (χ1n) is 8.05. The van der Waals surface area contributed by atoms with Gasteiger partial charge in [-0.15, -0.1) is 11.3 Å². The smallest absolute Gasteiger partial charge is 0.353 e. The van der Waals surface area contributed by atoms with E-state index in [0.717, 1.165) is 10.6 Å². The molecule has 2 aromatic rings. The van der Waals surface area contributed by atoms with Crippen molar-refractivity contribution < 1.29 is 14.8 Å². The average molecular weight is 378 g/mol. The molecule has 1 saturated heterocycles. The number of carboxylic acids is 1. The number of piperidine rings is 1. The Labute approximate surface area is 153 Å². The third-order valence-electron chi connectivity index (χ3n) is 4.38. The molecule has 0 saturated carbocycles. The Kier molecular flexibility index (Phi) is 4.98. The maximum atomic E-state index is 11.7. The minimum absolute atomic E-state index is 0.0779. The monoisotopic (exact) mass is 378 g/mol. The fourth-order valence-corrected chi connectivity index (χ4v) is 3.64. The number of aromatic nitrogens is 3. The highest BCUT2D eigenvalue weighted by atomic mass is 32.1. The normalized spacial score (nSPS) is 15.1. The molecule has 0 atom stereocenters. The van der Waals surface area contributed by atoms with Gasteiger partial charge in [-0.3, -0.25) is 14.9 Å². The second kappa shape index (κ2) is 7.20. The maximum Gasteiger partial charge on any atom is 0.353 e. The largest absolute Gasteiger partial charge is 0.481 e. The van der Waals surface area contributed by atoms with Crippen molar-refractivity contribution in [2.24, 2.45) is 5.92 Å². The van der Waals surface area contributed by atoms with Crippen LogP contribution < -0.4 is 10.2 Å². The summed E-state index contributed by atoms with van der Waals surface area (Å²) >= 11 is 1.39. The number of aliphatic carboxylic acids is 1. The third-order valence-corrected chi connectivity index (χ3v) is 5.37. The zero-order valence-electron chi connectivity index (χ0n) is 14.3. The number of aryl methyl sites for hydroxylation is 2. The molecule has 0 unspecified atom stereocenters. The van der Waals surface area contributed by atoms with Crippen molar-refractivity contribution in [3.8, 4) is 0 Å². The number of nitrogens with one attached hydrogen (secondary N) is 1. The molecule has 0 aromatic carbocycles. The summed E-state index contributed by atoms with van der Waals surface area (Å²) in [7, 11) is 0. The molecule has 2 N–H and O–H groups in total. The van der Waals surface area contributed by atoms with E-state index in [0.29, 0.717) is 31.1 Å². The lowest BCUT2D eigenvalue weighted by Crippen LogP contribution is -2.37. The SMILES string of the molecule is Cc1nc(Nc2ncnc(N3CCC(C(=O)O)CC3)c2[N+](=O)[O-])sc1C. The van der Waals surface area contributed by atoms with Gasteiger partial charge < -0.3 is 15.3 Å². The molecule has 0 amide bonds. The van der Waals surface area contributed by atoms with E-state index in [1.54, 1.807) is 4.90 Å². The summed E-state index contributed by atoms with van der Waals surface area (Å²) in [5, 5.41) is 24.2. The fraction of sp³-hybridized carbons (Fsp3) is 0.467. The van der Waals surface area contributed by atoms with Crippen molar-refractivity contribution in [3.63, 3.8) is 0 Å². The molecule has 1 aliphatic heterocycles. The lowest BCUT2D eigenvalue weighted by atomic mass is 9.97. The molecule has 26 heavy (non-hydrogen) atoms. The lowest BCUT2D eigenvalue weighted by molar-refractivity contribution is -0.383. The Morgan fingerprint density at radius 3 is 2.62 bits per heavy atom. The number of hydrogen-bond acceptors (Lipinski definition) is 9. The molecule has 0 spiro atoms. The van der Waals surface area contributed by atoms with Crippen LogP contribution >= 0.6 is 11.3 Å². The van der Waals surface area contributed by atoms with Crippen LogP contribution in [0.1, 0.15) is 23.4 Å². The number of hydrogen-bond donors (Lipinski definition) is 2. The van der Waals surface area contributed by atoms with E-state index in [4.69, 9.17) is 5.11 Å². The summed E-state index contributed by atoms with van der Waals surface area (Å²) in [6.45, 7) is 4.57. The average Bonchev–Trinajstić information content (AvgIpc) is 2.92. The maximum absolute atomic E-state index is 11.7. The van der Waals surface area contributed by atoms with Gasteiger partial charge in [-0.2, -0.15) is 0 Å². The summed E-state index contributed by atoms with van der Waals surface area (Å²) in [6.07, 6.45) is 2.11. The van der Waals surface area contributed by atoms with Crippen LogP contribution in [-0.2, 0) is 4.79 Å². The predicted molar refractivity (Wildman–Crippen MR) is 96.1 cm³/mol. The van der Waals surface area contributed by atoms with E-state index in [1.165, 1.54) is 17.7 Å². The van der Waals surface area contributed by atoms with Crippen LogP contribution in [0.15, 0.2) is 6.33 Å². The van der Waals surface area contributed by atoms with Crippen LogP contribution in [0.2, 0.25) is 0 Å². The van der Waals surface area contributed by atoms with Crippen molar-refractivity contribution in [2.75, 3.05) is 23.3 Å². The quantitative estimate of drug-likeness (QED) is 0.594. The van der Waals surface area contributed by atoms with Crippen LogP contribution in [-0.4, -0.2) is 44.0 Å². The van der Waals surface area contributed by atoms with E-state index in [-0.39, 0.29) is 17.3 Å². The number of nitrogens with zero attached hydrogens (tertiary/aromatic N) is 5. The molecule has 0 bridgehead atoms. The molecular formula is C15H18N6O4S. The zero-order chi connectivity index (χ0) is 18.8. The second-order valence-corrected chi connectivity index (χ2v) is 7.24. The van der Waals surface area contributed by atoms with Crippen LogP contribution in [0, 0.1) is 29.9 Å². The molecule has 10 nitrogen and oxygen atoms in total. The number of carbonyl (C=O) groups is 1. The highest BCUT2D eigenvalue weighted by Crippen LogP contribution is 2.36. The molecule has 3 heterocycles. The third kappa shape index (κ3) is 3.57. The topological polar surface area (TPSA) is 134 Å². The van der Waals surface area contributed by atoms with E-state index >= 15 is 0 Å². The van der Waals surface area contributed by atoms with Crippen molar-refractivity contribution in [1.29, 1.82) is 0 Å². The number of carboxylic acid groups (broad SMARTS) is 1. The predicted octanol–water partition coefficient (Wildman–Crippen LogP) is 2.50. The van der Waals surface area contributed by atoms with Gasteiger partial charge in [0.25, 0.3) is 0 Å². The minimum atomic E-state index is -0.835. The summed E-state index contributed by atoms with van der Waals surface area (Å²) in [5.74, 6) is -0.986. The molecule has 0 radical (unpaired) electrons. The molecule has 3 rings (SSSR count). The van der Waals surface area contributed by atoms with Crippen LogP contribution in [0.3, 0.4) is 0 Å². The first-order chi connectivity index (χ1) is 12.4. The number of rotatable bonds is 5. The summed E-state index contributed by atoms with van der Waals surface area (Å²) in [4.78, 5) is 37.4. The Bertz CT molecular complexity index is 827. The Morgan fingerprint density at radius 1 is 1.38 bits per heavy atom. The van der Waals surface area contributed by atoms with Crippen molar-refractivity contribution in [2.45, 2.75) is 26.7 Å². The summed E-state index contributed by atoms with van der Waals surface area (Å²) in [5.41, 5.74) is 0.622. The number of thiazole rings is 1. The molecule has 1 aliphatic rings. The van der Waals surface area contributed by atoms with Gasteiger partial charge in [0.1, 0.15) is 6.33 Å². The van der Waals surface area contributed by atoms with Gasteiger partial charge in [0.2, 0.25) is 11.6 Å². The second-order valence-electron chi connectivity index (χ2n) is 6.04. The van der Waals surface area contributed by atoms with Crippen molar-refractivity contribution in [1.82, 2.24) is 15.0 Å². The Hall–Kier alpha value is -2.82. The van der Waals surface area contributed by atoms with Crippen LogP contribution in [0.4, 0.5) is 22.5 Å². The molecule has 0 aliphatic carbocycles. The fourth-order valence-electron chi connectivity index (χ4n) is 2.83. The van der Waals surface area contributed by atoms with E-state index in [2.05, 4.69) is 20.3 Å². The van der Waals surface area contributed by atoms with Crippen molar-refractivity contribution >= 4 is 39.8 Å². The number of nitro groups is 1. The van der Waals surface area contributed by atoms with Gasteiger partial charge >= 0.3 is 11.7 Å². The molecule has 11 heteroatoms. The van der Waals surface area contributed by atoms with Gasteiger partial charge in [-0.1, -0.05) is 0 Å². The lowest BCUT2D eigenvalue weighted by Gasteiger charge is -2.30. The summed E-state index contributed by atoms with van der Waals surface area (Å²) < 4.78 is 0. The van der Waals surface area contributed by atoms with Gasteiger partial charge in [0.15, 0.2) is 5.13 Å². The van der Waals surface area contributed by atoms with Gasteiger partial charge in [-0.05, 0) is 26.7 Å². The van der Waals surface area contributed by atoms with Crippen molar-refractivity contribution in [3.05, 3.63) is 27.0 Å². The van der Waals surface area contributed by atoms with Gasteiger partial charge in [-0.25, -0.2) is 15.0 Å². The molecule has 1 fully saturated rings. The molecule has 2 aromatic heterocycles. The standard InChI is InChI=1S/C15H18N6O4S/c1-8-9(2)26-15(18-8)19-12-11(21(24)25)13(17-7-16-12)20-5-3-10(4-6-20)14(22)23/h7,10H,3-6H2,1-2H3,(H,22,23)(H,16,17,18,19). The zero-order valence-corrected chi connectivity index (χ0v) is 15.1. The molecular weight excluding hydrogens is 360 g/mol.